The zero-order valence-corrected chi connectivity index (χ0v) is 16.2. The Balaban J connectivity index is 1.67. The van der Waals surface area contributed by atoms with Crippen LogP contribution in [0.25, 0.3) is 16.9 Å². The summed E-state index contributed by atoms with van der Waals surface area (Å²) in [5.41, 5.74) is 11.3. The Kier molecular flexibility index (Phi) is 4.44. The fourth-order valence-electron chi connectivity index (χ4n) is 3.59. The molecule has 0 aliphatic rings. The van der Waals surface area contributed by atoms with Crippen molar-refractivity contribution >= 4 is 11.3 Å². The van der Waals surface area contributed by atoms with Crippen LogP contribution in [0, 0.1) is 0 Å². The van der Waals surface area contributed by atoms with Crippen LogP contribution in [-0.2, 0) is 12.8 Å². The maximum atomic E-state index is 10.9. The molecule has 0 fully saturated rings. The van der Waals surface area contributed by atoms with Crippen LogP contribution < -0.4 is 5.73 Å². The maximum absolute atomic E-state index is 10.9. The van der Waals surface area contributed by atoms with Crippen molar-refractivity contribution in [2.75, 3.05) is 5.73 Å². The van der Waals surface area contributed by atoms with Gasteiger partial charge in [0.15, 0.2) is 5.65 Å². The van der Waals surface area contributed by atoms with E-state index in [9.17, 15) is 5.11 Å². The van der Waals surface area contributed by atoms with Gasteiger partial charge in [-0.1, -0.05) is 42.5 Å². The third-order valence-electron chi connectivity index (χ3n) is 5.04. The van der Waals surface area contributed by atoms with Gasteiger partial charge >= 0.3 is 0 Å². The highest BCUT2D eigenvalue weighted by molar-refractivity contribution is 5.66. The molecule has 30 heavy (non-hydrogen) atoms. The zero-order chi connectivity index (χ0) is 20.5. The molecule has 0 aliphatic carbocycles. The Morgan fingerprint density at radius 2 is 1.77 bits per heavy atom. The van der Waals surface area contributed by atoms with E-state index in [2.05, 4.69) is 12.1 Å². The van der Waals surface area contributed by atoms with Crippen molar-refractivity contribution in [2.45, 2.75) is 12.8 Å². The zero-order valence-electron chi connectivity index (χ0n) is 16.2. The molecule has 5 rings (SSSR count). The third kappa shape index (κ3) is 3.39. The van der Waals surface area contributed by atoms with Crippen molar-refractivity contribution in [3.63, 3.8) is 0 Å². The number of hydrogen-bond donors (Lipinski definition) is 2. The van der Waals surface area contributed by atoms with Gasteiger partial charge in [0, 0.05) is 23.9 Å². The summed E-state index contributed by atoms with van der Waals surface area (Å²) in [5, 5.41) is 10.9. The molecule has 0 atom stereocenters. The van der Waals surface area contributed by atoms with Gasteiger partial charge in [0.05, 0.1) is 24.1 Å². The SMILES string of the molecule is Nc1cccc(-c2cn3c(O)c(Cc4ccco4)nc3c(Cc3ccccc3)n2)c1. The molecule has 0 bridgehead atoms. The Hall–Kier alpha value is -4.06. The van der Waals surface area contributed by atoms with Crippen LogP contribution in [0.1, 0.15) is 22.7 Å². The molecule has 6 nitrogen and oxygen atoms in total. The quantitative estimate of drug-likeness (QED) is 0.428. The summed E-state index contributed by atoms with van der Waals surface area (Å²) in [4.78, 5) is 9.59. The number of hydrogen-bond acceptors (Lipinski definition) is 5. The Morgan fingerprint density at radius 3 is 2.53 bits per heavy atom. The smallest absolute Gasteiger partial charge is 0.219 e. The number of furan rings is 1. The Bertz CT molecular complexity index is 1310. The number of fused-ring (bicyclic) bond motifs is 1. The fraction of sp³-hybridized carbons (Fsp3) is 0.0833. The summed E-state index contributed by atoms with van der Waals surface area (Å²) in [6.45, 7) is 0. The van der Waals surface area contributed by atoms with Gasteiger partial charge in [0.2, 0.25) is 5.88 Å². The molecule has 3 N–H and O–H groups in total. The van der Waals surface area contributed by atoms with Gasteiger partial charge < -0.3 is 15.3 Å². The van der Waals surface area contributed by atoms with Crippen LogP contribution in [-0.4, -0.2) is 19.5 Å². The van der Waals surface area contributed by atoms with Crippen LogP contribution in [0.2, 0.25) is 0 Å². The lowest BCUT2D eigenvalue weighted by Crippen LogP contribution is -2.01. The molecule has 148 valence electrons. The first kappa shape index (κ1) is 18.0. The van der Waals surface area contributed by atoms with Gasteiger partial charge in [-0.2, -0.15) is 0 Å². The minimum atomic E-state index is 0.0864. The second-order valence-electron chi connectivity index (χ2n) is 7.19. The fourth-order valence-corrected chi connectivity index (χ4v) is 3.59. The van der Waals surface area contributed by atoms with E-state index in [4.69, 9.17) is 20.1 Å². The van der Waals surface area contributed by atoms with Gasteiger partial charge in [0.25, 0.3) is 0 Å². The predicted octanol–water partition coefficient (Wildman–Crippen LogP) is 4.46. The van der Waals surface area contributed by atoms with E-state index in [0.717, 1.165) is 28.3 Å². The summed E-state index contributed by atoms with van der Waals surface area (Å²) in [6, 6.07) is 21.3. The van der Waals surface area contributed by atoms with Crippen molar-refractivity contribution in [3.8, 4) is 17.1 Å². The molecule has 0 spiro atoms. The lowest BCUT2D eigenvalue weighted by molar-refractivity contribution is 0.438. The normalized spacial score (nSPS) is 11.2. The number of anilines is 1. The van der Waals surface area contributed by atoms with Gasteiger partial charge in [0.1, 0.15) is 11.5 Å². The molecule has 0 unspecified atom stereocenters. The van der Waals surface area contributed by atoms with Crippen LogP contribution in [0.3, 0.4) is 0 Å². The molecule has 0 saturated heterocycles. The topological polar surface area (TPSA) is 89.6 Å². The van der Waals surface area contributed by atoms with Crippen molar-refractivity contribution in [1.29, 1.82) is 0 Å². The largest absolute Gasteiger partial charge is 0.493 e. The predicted molar refractivity (Wildman–Crippen MR) is 115 cm³/mol. The maximum Gasteiger partial charge on any atom is 0.219 e. The monoisotopic (exact) mass is 396 g/mol. The molecule has 0 amide bonds. The lowest BCUT2D eigenvalue weighted by atomic mass is 10.1. The Labute approximate surface area is 173 Å². The molecular formula is C24H20N4O2. The summed E-state index contributed by atoms with van der Waals surface area (Å²) in [7, 11) is 0. The number of nitrogens with zero attached hydrogens (tertiary/aromatic N) is 3. The molecule has 0 saturated carbocycles. The lowest BCUT2D eigenvalue weighted by Gasteiger charge is -2.09. The molecule has 0 radical (unpaired) electrons. The second-order valence-corrected chi connectivity index (χ2v) is 7.19. The first-order chi connectivity index (χ1) is 14.7. The van der Waals surface area contributed by atoms with Gasteiger partial charge in [-0.15, -0.1) is 0 Å². The highest BCUT2D eigenvalue weighted by atomic mass is 16.3. The van der Waals surface area contributed by atoms with Crippen molar-refractivity contribution in [1.82, 2.24) is 14.4 Å². The van der Waals surface area contributed by atoms with Crippen LogP contribution in [0.15, 0.2) is 83.6 Å². The number of aromatic nitrogens is 3. The van der Waals surface area contributed by atoms with E-state index >= 15 is 0 Å². The van der Waals surface area contributed by atoms with Crippen LogP contribution in [0.4, 0.5) is 5.69 Å². The molecular weight excluding hydrogens is 376 g/mol. The minimum Gasteiger partial charge on any atom is -0.493 e. The summed E-state index contributed by atoms with van der Waals surface area (Å²) in [6.07, 6.45) is 4.41. The molecule has 3 heterocycles. The molecule has 2 aromatic carbocycles. The first-order valence-corrected chi connectivity index (χ1v) is 9.69. The van der Waals surface area contributed by atoms with Crippen molar-refractivity contribution < 1.29 is 9.52 Å². The van der Waals surface area contributed by atoms with Crippen molar-refractivity contribution in [3.05, 3.63) is 102 Å². The molecule has 6 heteroatoms. The highest BCUT2D eigenvalue weighted by Gasteiger charge is 2.18. The van der Waals surface area contributed by atoms with Crippen LogP contribution in [0.5, 0.6) is 5.88 Å². The van der Waals surface area contributed by atoms with E-state index in [1.807, 2.05) is 54.6 Å². The second kappa shape index (κ2) is 7.40. The number of nitrogen functional groups attached to an aromatic ring is 1. The number of imidazole rings is 1. The summed E-state index contributed by atoms with van der Waals surface area (Å²) < 4.78 is 7.13. The number of nitrogens with two attached hydrogens (primary N) is 1. The van der Waals surface area contributed by atoms with Crippen molar-refractivity contribution in [2.24, 2.45) is 0 Å². The van der Waals surface area contributed by atoms with E-state index < -0.39 is 0 Å². The van der Waals surface area contributed by atoms with E-state index in [1.165, 1.54) is 0 Å². The van der Waals surface area contributed by atoms with Gasteiger partial charge in [-0.05, 0) is 29.8 Å². The molecule has 5 aromatic rings. The van der Waals surface area contributed by atoms with Crippen LogP contribution >= 0.6 is 0 Å². The number of rotatable bonds is 5. The molecule has 3 aromatic heterocycles. The molecule has 0 aliphatic heterocycles. The Morgan fingerprint density at radius 1 is 0.900 bits per heavy atom. The third-order valence-corrected chi connectivity index (χ3v) is 5.04. The standard InChI is InChI=1S/C24H20N4O2/c25-18-9-4-8-17(13-18)22-15-28-23(20(26-22)12-16-6-2-1-3-7-16)27-21(24(28)29)14-19-10-5-11-30-19/h1-11,13,15,29H,12,14,25H2. The minimum absolute atomic E-state index is 0.0864. The van der Waals surface area contributed by atoms with E-state index in [-0.39, 0.29) is 5.88 Å². The highest BCUT2D eigenvalue weighted by Crippen LogP contribution is 2.28. The van der Waals surface area contributed by atoms with Gasteiger partial charge in [-0.25, -0.2) is 9.97 Å². The summed E-state index contributed by atoms with van der Waals surface area (Å²) in [5.74, 6) is 0.825. The van der Waals surface area contributed by atoms with E-state index in [0.29, 0.717) is 29.9 Å². The number of benzene rings is 2. The first-order valence-electron chi connectivity index (χ1n) is 9.69. The average Bonchev–Trinajstić information content (AvgIpc) is 3.38. The van der Waals surface area contributed by atoms with E-state index in [1.54, 1.807) is 16.9 Å². The number of aromatic hydroxyl groups is 1. The summed E-state index contributed by atoms with van der Waals surface area (Å²) >= 11 is 0. The average molecular weight is 396 g/mol. The van der Waals surface area contributed by atoms with Gasteiger partial charge in [-0.3, -0.25) is 4.40 Å².